The minimum atomic E-state index is -3.99. The Morgan fingerprint density at radius 3 is 2.67 bits per heavy atom. The molecule has 0 radical (unpaired) electrons. The van der Waals surface area contributed by atoms with E-state index in [-0.39, 0.29) is 22.2 Å². The van der Waals surface area contributed by atoms with Crippen LogP contribution in [0.15, 0.2) is 23.1 Å². The molecule has 1 heterocycles. The van der Waals surface area contributed by atoms with E-state index in [0.717, 1.165) is 6.07 Å². The minimum Gasteiger partial charge on any atom is -0.496 e. The summed E-state index contributed by atoms with van der Waals surface area (Å²) in [6.07, 6.45) is 0. The third kappa shape index (κ3) is 3.11. The van der Waals surface area contributed by atoms with Crippen molar-refractivity contribution in [3.63, 3.8) is 0 Å². The highest BCUT2D eigenvalue weighted by Crippen LogP contribution is 2.23. The second-order valence-corrected chi connectivity index (χ2v) is 5.70. The zero-order valence-corrected chi connectivity index (χ0v) is 11.9. The molecule has 0 aliphatic heterocycles. The summed E-state index contributed by atoms with van der Waals surface area (Å²) >= 11 is 0. The molecular weight excluding hydrogens is 300 g/mol. The Morgan fingerprint density at radius 1 is 1.43 bits per heavy atom. The summed E-state index contributed by atoms with van der Waals surface area (Å²) in [5.74, 6) is -0.915. The van der Waals surface area contributed by atoms with Crippen LogP contribution in [0.2, 0.25) is 0 Å². The number of aromatic amines is 1. The number of benzene rings is 1. The molecule has 0 unspecified atom stereocenters. The molecule has 1 aromatic heterocycles. The number of aromatic carboxylic acids is 1. The number of aromatic nitrogens is 3. The van der Waals surface area contributed by atoms with Crippen molar-refractivity contribution >= 4 is 21.9 Å². The van der Waals surface area contributed by atoms with Gasteiger partial charge in [0.05, 0.1) is 12.0 Å². The van der Waals surface area contributed by atoms with Crippen molar-refractivity contribution in [1.29, 1.82) is 0 Å². The van der Waals surface area contributed by atoms with Crippen LogP contribution in [-0.2, 0) is 10.0 Å². The molecule has 0 spiro atoms. The normalized spacial score (nSPS) is 11.1. The van der Waals surface area contributed by atoms with Gasteiger partial charge in [-0.05, 0) is 25.1 Å². The van der Waals surface area contributed by atoms with Gasteiger partial charge in [0.15, 0.2) is 0 Å². The number of rotatable bonds is 5. The minimum absolute atomic E-state index is 0.0650. The highest BCUT2D eigenvalue weighted by molar-refractivity contribution is 7.92. The fourth-order valence-electron chi connectivity index (χ4n) is 1.59. The third-order valence-electron chi connectivity index (χ3n) is 2.53. The standard InChI is InChI=1S/C11H12N4O5S/c1-6-12-11(14-13-6)15-21(18,19)7-3-4-9(20-2)8(5-7)10(16)17/h3-5H,1-2H3,(H,16,17)(H2,12,13,14,15). The number of hydrogen-bond acceptors (Lipinski definition) is 6. The highest BCUT2D eigenvalue weighted by Gasteiger charge is 2.20. The molecule has 112 valence electrons. The molecule has 0 aliphatic rings. The summed E-state index contributed by atoms with van der Waals surface area (Å²) in [5, 5.41) is 15.2. The summed E-state index contributed by atoms with van der Waals surface area (Å²) in [7, 11) is -2.70. The quantitative estimate of drug-likeness (QED) is 0.736. The molecule has 0 fully saturated rings. The number of H-pyrrole nitrogens is 1. The van der Waals surface area contributed by atoms with Gasteiger partial charge in [0.25, 0.3) is 16.0 Å². The van der Waals surface area contributed by atoms with Crippen LogP contribution in [0.1, 0.15) is 16.2 Å². The zero-order chi connectivity index (χ0) is 15.6. The van der Waals surface area contributed by atoms with Crippen molar-refractivity contribution in [2.45, 2.75) is 11.8 Å². The molecule has 0 atom stereocenters. The van der Waals surface area contributed by atoms with E-state index in [0.29, 0.717) is 5.82 Å². The van der Waals surface area contributed by atoms with Crippen LogP contribution >= 0.6 is 0 Å². The van der Waals surface area contributed by atoms with Gasteiger partial charge in [0.2, 0.25) is 0 Å². The Bertz CT molecular complexity index is 784. The predicted octanol–water partition coefficient (Wildman–Crippen LogP) is 0.621. The fraction of sp³-hybridized carbons (Fsp3) is 0.182. The molecule has 21 heavy (non-hydrogen) atoms. The number of hydrogen-bond donors (Lipinski definition) is 3. The van der Waals surface area contributed by atoms with Crippen LogP contribution in [0.5, 0.6) is 5.75 Å². The van der Waals surface area contributed by atoms with Gasteiger partial charge < -0.3 is 9.84 Å². The zero-order valence-electron chi connectivity index (χ0n) is 11.1. The summed E-state index contributed by atoms with van der Waals surface area (Å²) in [4.78, 5) is 14.7. The van der Waals surface area contributed by atoms with Crippen molar-refractivity contribution in [3.8, 4) is 5.75 Å². The van der Waals surface area contributed by atoms with Crippen LogP contribution < -0.4 is 9.46 Å². The van der Waals surface area contributed by atoms with Crippen LogP contribution in [-0.4, -0.2) is 41.8 Å². The van der Waals surface area contributed by atoms with Gasteiger partial charge in [-0.3, -0.25) is 5.10 Å². The molecule has 3 N–H and O–H groups in total. The van der Waals surface area contributed by atoms with Gasteiger partial charge in [-0.15, -0.1) is 5.10 Å². The number of nitrogens with zero attached hydrogens (tertiary/aromatic N) is 2. The molecule has 2 rings (SSSR count). The first kappa shape index (κ1) is 14.8. The number of nitrogens with one attached hydrogen (secondary N) is 2. The second kappa shape index (κ2) is 5.40. The van der Waals surface area contributed by atoms with Crippen molar-refractivity contribution in [2.24, 2.45) is 0 Å². The molecule has 1 aromatic carbocycles. The average molecular weight is 312 g/mol. The summed E-state index contributed by atoms with van der Waals surface area (Å²) in [6, 6.07) is 3.50. The number of anilines is 1. The number of methoxy groups -OCH3 is 1. The van der Waals surface area contributed by atoms with Crippen LogP contribution in [0.4, 0.5) is 5.95 Å². The Hall–Kier alpha value is -2.62. The van der Waals surface area contributed by atoms with E-state index in [9.17, 15) is 13.2 Å². The third-order valence-corrected chi connectivity index (χ3v) is 3.86. The topological polar surface area (TPSA) is 134 Å². The van der Waals surface area contributed by atoms with Crippen LogP contribution in [0.3, 0.4) is 0 Å². The lowest BCUT2D eigenvalue weighted by Crippen LogP contribution is -2.15. The van der Waals surface area contributed by atoms with E-state index in [1.165, 1.54) is 19.2 Å². The highest BCUT2D eigenvalue weighted by atomic mass is 32.2. The number of ether oxygens (including phenoxy) is 1. The first-order valence-corrected chi connectivity index (χ1v) is 7.15. The maximum atomic E-state index is 12.1. The maximum Gasteiger partial charge on any atom is 0.339 e. The van der Waals surface area contributed by atoms with Crippen molar-refractivity contribution in [3.05, 3.63) is 29.6 Å². The molecule has 10 heteroatoms. The van der Waals surface area contributed by atoms with Crippen molar-refractivity contribution < 1.29 is 23.1 Å². The number of carboxylic acid groups (broad SMARTS) is 1. The number of aryl methyl sites for hydroxylation is 1. The largest absolute Gasteiger partial charge is 0.496 e. The molecule has 0 saturated carbocycles. The fourth-order valence-corrected chi connectivity index (χ4v) is 2.56. The van der Waals surface area contributed by atoms with Crippen molar-refractivity contribution in [2.75, 3.05) is 11.8 Å². The molecule has 0 amide bonds. The lowest BCUT2D eigenvalue weighted by atomic mass is 10.2. The number of carbonyl (C=O) groups is 1. The molecule has 9 nitrogen and oxygen atoms in total. The van der Waals surface area contributed by atoms with Crippen LogP contribution in [0.25, 0.3) is 0 Å². The Kier molecular flexibility index (Phi) is 3.80. The van der Waals surface area contributed by atoms with E-state index < -0.39 is 16.0 Å². The molecular formula is C11H12N4O5S. The van der Waals surface area contributed by atoms with Gasteiger partial charge in [-0.1, -0.05) is 0 Å². The van der Waals surface area contributed by atoms with Gasteiger partial charge in [0.1, 0.15) is 17.1 Å². The smallest absolute Gasteiger partial charge is 0.339 e. The number of carboxylic acids is 1. The van der Waals surface area contributed by atoms with Crippen molar-refractivity contribution in [1.82, 2.24) is 15.2 Å². The summed E-state index contributed by atoms with van der Waals surface area (Å²) < 4.78 is 31.3. The molecule has 0 aliphatic carbocycles. The lowest BCUT2D eigenvalue weighted by Gasteiger charge is -2.08. The molecule has 0 saturated heterocycles. The summed E-state index contributed by atoms with van der Waals surface area (Å²) in [6.45, 7) is 1.61. The first-order valence-electron chi connectivity index (χ1n) is 5.66. The van der Waals surface area contributed by atoms with E-state index in [4.69, 9.17) is 9.84 Å². The van der Waals surface area contributed by atoms with Gasteiger partial charge in [0, 0.05) is 0 Å². The maximum absolute atomic E-state index is 12.1. The predicted molar refractivity (Wildman–Crippen MR) is 71.9 cm³/mol. The van der Waals surface area contributed by atoms with Gasteiger partial charge in [-0.2, -0.15) is 4.98 Å². The summed E-state index contributed by atoms with van der Waals surface area (Å²) in [5.41, 5.74) is -0.258. The second-order valence-electron chi connectivity index (χ2n) is 4.02. The van der Waals surface area contributed by atoms with E-state index in [2.05, 4.69) is 19.9 Å². The average Bonchev–Trinajstić information content (AvgIpc) is 2.82. The first-order chi connectivity index (χ1) is 9.83. The molecule has 2 aromatic rings. The van der Waals surface area contributed by atoms with E-state index in [1.54, 1.807) is 6.92 Å². The SMILES string of the molecule is COc1ccc(S(=O)(=O)Nc2n[nH]c(C)n2)cc1C(=O)O. The Balaban J connectivity index is 2.40. The van der Waals surface area contributed by atoms with Crippen LogP contribution in [0, 0.1) is 6.92 Å². The van der Waals surface area contributed by atoms with Gasteiger partial charge >= 0.3 is 5.97 Å². The lowest BCUT2D eigenvalue weighted by molar-refractivity contribution is 0.0693. The van der Waals surface area contributed by atoms with Gasteiger partial charge in [-0.25, -0.2) is 17.9 Å². The Labute approximate surface area is 120 Å². The van der Waals surface area contributed by atoms with E-state index in [1.807, 2.05) is 0 Å². The van der Waals surface area contributed by atoms with E-state index >= 15 is 0 Å². The Morgan fingerprint density at radius 2 is 2.14 bits per heavy atom. The number of sulfonamides is 1. The monoisotopic (exact) mass is 312 g/mol. The molecule has 0 bridgehead atoms.